The maximum absolute atomic E-state index is 4.87. The largest absolute Gasteiger partial charge is 0.341 e. The molecular formula is C10H8N2S2. The van der Waals surface area contributed by atoms with Gasteiger partial charge in [-0.2, -0.15) is 0 Å². The van der Waals surface area contributed by atoms with Crippen LogP contribution < -0.4 is 5.32 Å². The molecule has 70 valence electrons. The maximum atomic E-state index is 4.87. The highest BCUT2D eigenvalue weighted by Crippen LogP contribution is 2.20. The molecule has 0 aliphatic carbocycles. The van der Waals surface area contributed by atoms with Crippen molar-refractivity contribution in [1.29, 1.82) is 0 Å². The SMILES string of the molecule is S=C(S)Nc1ccnc2ccccc12. The number of para-hydroxylation sites is 1. The van der Waals surface area contributed by atoms with Crippen LogP contribution in [-0.2, 0) is 0 Å². The highest BCUT2D eigenvalue weighted by atomic mass is 32.1. The molecule has 0 radical (unpaired) electrons. The fourth-order valence-corrected chi connectivity index (χ4v) is 1.55. The Balaban J connectivity index is 2.59. The maximum Gasteiger partial charge on any atom is 0.135 e. The van der Waals surface area contributed by atoms with Crippen molar-refractivity contribution in [1.82, 2.24) is 4.98 Å². The number of nitrogens with zero attached hydrogens (tertiary/aromatic N) is 1. The van der Waals surface area contributed by atoms with Gasteiger partial charge in [0.15, 0.2) is 0 Å². The van der Waals surface area contributed by atoms with Crippen LogP contribution in [-0.4, -0.2) is 9.30 Å². The quantitative estimate of drug-likeness (QED) is 0.571. The van der Waals surface area contributed by atoms with Crippen molar-refractivity contribution >= 4 is 45.8 Å². The second-order valence-corrected chi connectivity index (χ2v) is 3.96. The van der Waals surface area contributed by atoms with Crippen LogP contribution in [0.4, 0.5) is 5.69 Å². The Morgan fingerprint density at radius 1 is 1.29 bits per heavy atom. The summed E-state index contributed by atoms with van der Waals surface area (Å²) >= 11 is 8.91. The average Bonchev–Trinajstić information content (AvgIpc) is 2.18. The first-order valence-corrected chi connectivity index (χ1v) is 4.96. The van der Waals surface area contributed by atoms with Crippen molar-refractivity contribution in [3.63, 3.8) is 0 Å². The molecule has 14 heavy (non-hydrogen) atoms. The summed E-state index contributed by atoms with van der Waals surface area (Å²) in [5.41, 5.74) is 1.89. The molecule has 0 atom stereocenters. The van der Waals surface area contributed by atoms with Gasteiger partial charge in [0, 0.05) is 11.6 Å². The van der Waals surface area contributed by atoms with Crippen LogP contribution in [0.2, 0.25) is 0 Å². The predicted molar refractivity (Wildman–Crippen MR) is 66.9 cm³/mol. The minimum absolute atomic E-state index is 0.460. The Bertz CT molecular complexity index is 477. The Hall–Kier alpha value is -1.13. The summed E-state index contributed by atoms with van der Waals surface area (Å²) < 4.78 is 0.460. The number of thiocarbonyl (C=S) groups is 1. The fraction of sp³-hybridized carbons (Fsp3) is 0. The van der Waals surface area contributed by atoms with E-state index in [2.05, 4.69) is 22.9 Å². The van der Waals surface area contributed by atoms with Crippen molar-refractivity contribution in [3.8, 4) is 0 Å². The van der Waals surface area contributed by atoms with Crippen molar-refractivity contribution in [2.75, 3.05) is 5.32 Å². The number of thiol groups is 1. The van der Waals surface area contributed by atoms with Crippen LogP contribution in [0, 0.1) is 0 Å². The molecule has 0 amide bonds. The second kappa shape index (κ2) is 3.94. The molecule has 0 saturated carbocycles. The smallest absolute Gasteiger partial charge is 0.135 e. The van der Waals surface area contributed by atoms with Gasteiger partial charge in [-0.25, -0.2) is 0 Å². The standard InChI is InChI=1S/C10H8N2S2/c13-10(14)12-9-5-6-11-8-4-2-1-3-7(8)9/h1-6H,(H2,11,12,13,14). The van der Waals surface area contributed by atoms with E-state index in [0.29, 0.717) is 4.32 Å². The Kier molecular flexibility index (Phi) is 2.65. The molecule has 2 rings (SSSR count). The van der Waals surface area contributed by atoms with Gasteiger partial charge in [0.05, 0.1) is 11.2 Å². The summed E-state index contributed by atoms with van der Waals surface area (Å²) in [7, 11) is 0. The number of hydrogen-bond donors (Lipinski definition) is 2. The lowest BCUT2D eigenvalue weighted by Gasteiger charge is -2.06. The van der Waals surface area contributed by atoms with Gasteiger partial charge in [0.1, 0.15) is 4.32 Å². The van der Waals surface area contributed by atoms with Crippen molar-refractivity contribution in [3.05, 3.63) is 36.5 Å². The summed E-state index contributed by atoms with van der Waals surface area (Å²) in [5.74, 6) is 0. The van der Waals surface area contributed by atoms with E-state index in [1.807, 2.05) is 30.3 Å². The van der Waals surface area contributed by atoms with E-state index in [1.54, 1.807) is 6.20 Å². The molecular weight excluding hydrogens is 212 g/mol. The number of hydrogen-bond acceptors (Lipinski definition) is 2. The number of anilines is 1. The number of nitrogens with one attached hydrogen (secondary N) is 1. The number of aromatic nitrogens is 1. The van der Waals surface area contributed by atoms with Gasteiger partial charge in [0.2, 0.25) is 0 Å². The van der Waals surface area contributed by atoms with Crippen LogP contribution in [0.5, 0.6) is 0 Å². The molecule has 1 aromatic carbocycles. The zero-order valence-corrected chi connectivity index (χ0v) is 8.98. The van der Waals surface area contributed by atoms with Gasteiger partial charge in [-0.1, -0.05) is 30.4 Å². The van der Waals surface area contributed by atoms with E-state index in [9.17, 15) is 0 Å². The lowest BCUT2D eigenvalue weighted by molar-refractivity contribution is 1.41. The number of rotatable bonds is 1. The highest BCUT2D eigenvalue weighted by Gasteiger charge is 2.00. The first-order valence-electron chi connectivity index (χ1n) is 4.11. The molecule has 2 aromatic rings. The monoisotopic (exact) mass is 220 g/mol. The number of fused-ring (bicyclic) bond motifs is 1. The first-order chi connectivity index (χ1) is 6.77. The molecule has 0 unspecified atom stereocenters. The molecule has 1 N–H and O–H groups in total. The molecule has 0 bridgehead atoms. The van der Waals surface area contributed by atoms with Gasteiger partial charge < -0.3 is 5.32 Å². The van der Waals surface area contributed by atoms with Gasteiger partial charge in [-0.3, -0.25) is 4.98 Å². The molecule has 0 aliphatic heterocycles. The molecule has 0 fully saturated rings. The molecule has 0 aliphatic rings. The Morgan fingerprint density at radius 3 is 2.86 bits per heavy atom. The topological polar surface area (TPSA) is 24.9 Å². The summed E-state index contributed by atoms with van der Waals surface area (Å²) in [6, 6.07) is 9.76. The van der Waals surface area contributed by atoms with Crippen molar-refractivity contribution < 1.29 is 0 Å². The van der Waals surface area contributed by atoms with Gasteiger partial charge in [-0.05, 0) is 12.1 Å². The van der Waals surface area contributed by atoms with E-state index in [4.69, 9.17) is 12.2 Å². The summed E-state index contributed by atoms with van der Waals surface area (Å²) in [5, 5.41) is 4.05. The molecule has 0 saturated heterocycles. The Morgan fingerprint density at radius 2 is 2.07 bits per heavy atom. The van der Waals surface area contributed by atoms with E-state index in [-0.39, 0.29) is 0 Å². The van der Waals surface area contributed by atoms with Crippen LogP contribution in [0.3, 0.4) is 0 Å². The summed E-state index contributed by atoms with van der Waals surface area (Å²) in [4.78, 5) is 4.24. The number of pyridine rings is 1. The zero-order chi connectivity index (χ0) is 9.97. The highest BCUT2D eigenvalue weighted by molar-refractivity contribution is 8.11. The van der Waals surface area contributed by atoms with Gasteiger partial charge in [-0.15, -0.1) is 12.6 Å². The molecule has 1 heterocycles. The van der Waals surface area contributed by atoms with Crippen molar-refractivity contribution in [2.24, 2.45) is 0 Å². The number of benzene rings is 1. The van der Waals surface area contributed by atoms with E-state index >= 15 is 0 Å². The van der Waals surface area contributed by atoms with E-state index < -0.39 is 0 Å². The predicted octanol–water partition coefficient (Wildman–Crippen LogP) is 2.86. The molecule has 0 spiro atoms. The molecule has 4 heteroatoms. The summed E-state index contributed by atoms with van der Waals surface area (Å²) in [6.07, 6.45) is 1.75. The lowest BCUT2D eigenvalue weighted by atomic mass is 10.2. The normalized spacial score (nSPS) is 10.1. The zero-order valence-electron chi connectivity index (χ0n) is 7.27. The molecule has 1 aromatic heterocycles. The third-order valence-electron chi connectivity index (χ3n) is 1.89. The average molecular weight is 220 g/mol. The van der Waals surface area contributed by atoms with E-state index in [1.165, 1.54) is 0 Å². The second-order valence-electron chi connectivity index (χ2n) is 2.81. The van der Waals surface area contributed by atoms with Gasteiger partial charge >= 0.3 is 0 Å². The minimum Gasteiger partial charge on any atom is -0.341 e. The van der Waals surface area contributed by atoms with Crippen LogP contribution in [0.25, 0.3) is 10.9 Å². The molecule has 2 nitrogen and oxygen atoms in total. The summed E-state index contributed by atoms with van der Waals surface area (Å²) in [6.45, 7) is 0. The first kappa shape index (κ1) is 9.43. The van der Waals surface area contributed by atoms with Crippen LogP contribution in [0.1, 0.15) is 0 Å². The third kappa shape index (κ3) is 1.86. The lowest BCUT2D eigenvalue weighted by Crippen LogP contribution is -2.01. The Labute approximate surface area is 92.8 Å². The van der Waals surface area contributed by atoms with Crippen molar-refractivity contribution in [2.45, 2.75) is 0 Å². The van der Waals surface area contributed by atoms with Crippen LogP contribution >= 0.6 is 24.8 Å². The third-order valence-corrected chi connectivity index (χ3v) is 2.10. The fourth-order valence-electron chi connectivity index (χ4n) is 1.32. The van der Waals surface area contributed by atoms with E-state index in [0.717, 1.165) is 16.6 Å². The van der Waals surface area contributed by atoms with Gasteiger partial charge in [0.25, 0.3) is 0 Å². The van der Waals surface area contributed by atoms with Crippen LogP contribution in [0.15, 0.2) is 36.5 Å². The minimum atomic E-state index is 0.460.